The van der Waals surface area contributed by atoms with Gasteiger partial charge in [-0.3, -0.25) is 5.32 Å². The molecule has 3 aromatic carbocycles. The standard InChI is InChI=1S/C32H35N3O4/c1-25(2)23-29(17-11-6-12-22-39-32(37)34-27-15-9-5-10-16-27)35(24-26-13-7-4-8-14-26)31(36)33-28-18-20-30(38-3)21-19-28/h4-5,7-10,13-16,18-21,29H,1,6,12,22-24H2,2-3H3,(H,33,36)(H,34,37). The normalized spacial score (nSPS) is 10.8. The van der Waals surface area contributed by atoms with Gasteiger partial charge in [-0.2, -0.15) is 0 Å². The second-order valence-electron chi connectivity index (χ2n) is 9.00. The van der Waals surface area contributed by atoms with E-state index >= 15 is 0 Å². The number of urea groups is 1. The van der Waals surface area contributed by atoms with E-state index in [4.69, 9.17) is 9.47 Å². The molecule has 2 N–H and O–H groups in total. The van der Waals surface area contributed by atoms with Gasteiger partial charge < -0.3 is 19.7 Å². The molecular weight excluding hydrogens is 490 g/mol. The number of nitrogens with zero attached hydrogens (tertiary/aromatic N) is 1. The first-order chi connectivity index (χ1) is 18.9. The highest BCUT2D eigenvalue weighted by molar-refractivity contribution is 5.90. The van der Waals surface area contributed by atoms with Gasteiger partial charge in [0.15, 0.2) is 0 Å². The monoisotopic (exact) mass is 525 g/mol. The van der Waals surface area contributed by atoms with Crippen LogP contribution in [-0.4, -0.2) is 36.8 Å². The fourth-order valence-corrected chi connectivity index (χ4v) is 3.73. The smallest absolute Gasteiger partial charge is 0.411 e. The van der Waals surface area contributed by atoms with Gasteiger partial charge in [0, 0.05) is 24.3 Å². The zero-order chi connectivity index (χ0) is 27.9. The minimum atomic E-state index is -0.501. The number of hydrogen-bond donors (Lipinski definition) is 2. The lowest BCUT2D eigenvalue weighted by Crippen LogP contribution is -2.42. The van der Waals surface area contributed by atoms with Crippen LogP contribution in [0.5, 0.6) is 5.75 Å². The molecule has 0 bridgehead atoms. The number of carbonyl (C=O) groups is 2. The van der Waals surface area contributed by atoms with Gasteiger partial charge in [0.2, 0.25) is 0 Å². The van der Waals surface area contributed by atoms with Crippen LogP contribution in [0.3, 0.4) is 0 Å². The lowest BCUT2D eigenvalue weighted by molar-refractivity contribution is 0.160. The van der Waals surface area contributed by atoms with Crippen LogP contribution in [0, 0.1) is 11.8 Å². The average Bonchev–Trinajstić information content (AvgIpc) is 2.94. The predicted octanol–water partition coefficient (Wildman–Crippen LogP) is 7.10. The molecule has 39 heavy (non-hydrogen) atoms. The number of ether oxygens (including phenoxy) is 2. The van der Waals surface area contributed by atoms with Gasteiger partial charge >= 0.3 is 12.1 Å². The molecule has 3 rings (SSSR count). The van der Waals surface area contributed by atoms with Gasteiger partial charge in [0.25, 0.3) is 0 Å². The van der Waals surface area contributed by atoms with Gasteiger partial charge in [0.1, 0.15) is 5.75 Å². The van der Waals surface area contributed by atoms with E-state index in [1.54, 1.807) is 48.4 Å². The third-order valence-corrected chi connectivity index (χ3v) is 5.68. The quantitative estimate of drug-likeness (QED) is 0.159. The summed E-state index contributed by atoms with van der Waals surface area (Å²) in [6, 6.07) is 25.5. The Balaban J connectivity index is 1.65. The maximum absolute atomic E-state index is 13.5. The lowest BCUT2D eigenvalue weighted by atomic mass is 10.1. The van der Waals surface area contributed by atoms with Crippen LogP contribution in [0.1, 0.15) is 31.7 Å². The molecule has 202 valence electrons. The van der Waals surface area contributed by atoms with Crippen LogP contribution >= 0.6 is 0 Å². The molecule has 0 aliphatic carbocycles. The van der Waals surface area contributed by atoms with Crippen molar-refractivity contribution >= 4 is 23.5 Å². The van der Waals surface area contributed by atoms with Crippen molar-refractivity contribution < 1.29 is 19.1 Å². The second kappa shape index (κ2) is 15.5. The Bertz CT molecular complexity index is 1270. The summed E-state index contributed by atoms with van der Waals surface area (Å²) in [6.45, 7) is 6.61. The zero-order valence-corrected chi connectivity index (χ0v) is 22.5. The molecule has 0 saturated carbocycles. The predicted molar refractivity (Wildman–Crippen MR) is 156 cm³/mol. The van der Waals surface area contributed by atoms with Crippen molar-refractivity contribution in [1.82, 2.24) is 4.90 Å². The number of carbonyl (C=O) groups excluding carboxylic acids is 2. The zero-order valence-electron chi connectivity index (χ0n) is 22.5. The fraction of sp³-hybridized carbons (Fsp3) is 0.250. The third-order valence-electron chi connectivity index (χ3n) is 5.68. The van der Waals surface area contributed by atoms with Gasteiger partial charge in [0.05, 0.1) is 19.8 Å². The molecule has 0 fully saturated rings. The molecule has 1 unspecified atom stereocenters. The van der Waals surface area contributed by atoms with Gasteiger partial charge in [-0.05, 0) is 61.7 Å². The Labute approximate surface area is 230 Å². The highest BCUT2D eigenvalue weighted by Gasteiger charge is 2.23. The van der Waals surface area contributed by atoms with E-state index in [-0.39, 0.29) is 18.7 Å². The number of rotatable bonds is 11. The molecule has 0 aliphatic heterocycles. The summed E-state index contributed by atoms with van der Waals surface area (Å²) in [6.07, 6.45) is 1.13. The average molecular weight is 526 g/mol. The van der Waals surface area contributed by atoms with Crippen molar-refractivity contribution in [2.45, 2.75) is 38.8 Å². The van der Waals surface area contributed by atoms with Crippen molar-refractivity contribution in [1.29, 1.82) is 0 Å². The summed E-state index contributed by atoms with van der Waals surface area (Å²) < 4.78 is 10.5. The van der Waals surface area contributed by atoms with E-state index < -0.39 is 6.09 Å². The van der Waals surface area contributed by atoms with Crippen LogP contribution in [0.25, 0.3) is 0 Å². The molecule has 7 heteroatoms. The number of methoxy groups -OCH3 is 1. The van der Waals surface area contributed by atoms with Crippen molar-refractivity contribution in [3.05, 3.63) is 103 Å². The number of benzene rings is 3. The lowest BCUT2D eigenvalue weighted by Gasteiger charge is -2.29. The van der Waals surface area contributed by atoms with Crippen molar-refractivity contribution in [3.63, 3.8) is 0 Å². The topological polar surface area (TPSA) is 79.9 Å². The number of hydrogen-bond acceptors (Lipinski definition) is 4. The number of unbranched alkanes of at least 4 members (excludes halogenated alkanes) is 1. The van der Waals surface area contributed by atoms with Crippen LogP contribution < -0.4 is 15.4 Å². The molecule has 0 radical (unpaired) electrons. The van der Waals surface area contributed by atoms with Gasteiger partial charge in [-0.1, -0.05) is 60.0 Å². The summed E-state index contributed by atoms with van der Waals surface area (Å²) in [4.78, 5) is 27.2. The van der Waals surface area contributed by atoms with E-state index in [2.05, 4.69) is 29.1 Å². The Morgan fingerprint density at radius 2 is 1.56 bits per heavy atom. The molecule has 0 heterocycles. The molecule has 0 aromatic heterocycles. The SMILES string of the molecule is C=C(C)CC(C#CCCCOC(=O)Nc1ccccc1)N(Cc1ccccc1)C(=O)Nc1ccc(OC)cc1. The van der Waals surface area contributed by atoms with Crippen LogP contribution in [0.15, 0.2) is 97.1 Å². The molecular formula is C32H35N3O4. The largest absolute Gasteiger partial charge is 0.497 e. The Morgan fingerprint density at radius 3 is 2.21 bits per heavy atom. The molecule has 3 amide bonds. The van der Waals surface area contributed by atoms with Crippen molar-refractivity contribution in [2.75, 3.05) is 24.4 Å². The molecule has 0 spiro atoms. The minimum absolute atomic E-state index is 0.240. The number of nitrogens with one attached hydrogen (secondary N) is 2. The van der Waals surface area contributed by atoms with E-state index in [1.807, 2.05) is 55.5 Å². The fourth-order valence-electron chi connectivity index (χ4n) is 3.73. The number of anilines is 2. The Morgan fingerprint density at radius 1 is 0.923 bits per heavy atom. The van der Waals surface area contributed by atoms with E-state index in [1.165, 1.54) is 0 Å². The summed E-state index contributed by atoms with van der Waals surface area (Å²) in [5.41, 5.74) is 3.25. The summed E-state index contributed by atoms with van der Waals surface area (Å²) in [7, 11) is 1.60. The maximum Gasteiger partial charge on any atom is 0.411 e. The number of amides is 3. The third kappa shape index (κ3) is 10.3. The molecule has 3 aromatic rings. The molecule has 1 atom stereocenters. The first kappa shape index (κ1) is 28.9. The molecule has 7 nitrogen and oxygen atoms in total. The summed E-state index contributed by atoms with van der Waals surface area (Å²) in [5, 5.41) is 5.66. The van der Waals surface area contributed by atoms with E-state index in [0.29, 0.717) is 42.9 Å². The molecule has 0 saturated heterocycles. The highest BCUT2D eigenvalue weighted by Crippen LogP contribution is 2.19. The Hall–Kier alpha value is -4.70. The Kier molecular flexibility index (Phi) is 11.5. The van der Waals surface area contributed by atoms with Crippen LogP contribution in [-0.2, 0) is 11.3 Å². The van der Waals surface area contributed by atoms with E-state index in [9.17, 15) is 9.59 Å². The van der Waals surface area contributed by atoms with Crippen LogP contribution in [0.2, 0.25) is 0 Å². The van der Waals surface area contributed by atoms with Gasteiger partial charge in [-0.15, -0.1) is 12.5 Å². The van der Waals surface area contributed by atoms with E-state index in [0.717, 1.165) is 11.1 Å². The first-order valence-electron chi connectivity index (χ1n) is 12.8. The highest BCUT2D eigenvalue weighted by atomic mass is 16.5. The first-order valence-corrected chi connectivity index (χ1v) is 12.8. The molecule has 0 aliphatic rings. The van der Waals surface area contributed by atoms with Gasteiger partial charge in [-0.25, -0.2) is 9.59 Å². The summed E-state index contributed by atoms with van der Waals surface area (Å²) in [5.74, 6) is 7.15. The van der Waals surface area contributed by atoms with Crippen molar-refractivity contribution in [3.8, 4) is 17.6 Å². The summed E-state index contributed by atoms with van der Waals surface area (Å²) >= 11 is 0. The van der Waals surface area contributed by atoms with Crippen molar-refractivity contribution in [2.24, 2.45) is 0 Å². The number of para-hydroxylation sites is 1. The second-order valence-corrected chi connectivity index (χ2v) is 9.00. The maximum atomic E-state index is 13.5. The minimum Gasteiger partial charge on any atom is -0.497 e. The van der Waals surface area contributed by atoms with Crippen LogP contribution in [0.4, 0.5) is 21.0 Å².